The van der Waals surface area contributed by atoms with Gasteiger partial charge in [-0.15, -0.1) is 0 Å². The first-order valence-corrected chi connectivity index (χ1v) is 7.45. The van der Waals surface area contributed by atoms with E-state index < -0.39 is 0 Å². The third-order valence-electron chi connectivity index (χ3n) is 2.65. The van der Waals surface area contributed by atoms with Gasteiger partial charge in [-0.25, -0.2) is 0 Å². The molecule has 1 heterocycles. The fourth-order valence-corrected chi connectivity index (χ4v) is 3.97. The molecule has 2 aromatic rings. The van der Waals surface area contributed by atoms with Gasteiger partial charge in [-0.3, -0.25) is 4.31 Å². The number of nitrogens with zero attached hydrogens (tertiary/aromatic N) is 1. The van der Waals surface area contributed by atoms with Crippen molar-refractivity contribution in [2.75, 3.05) is 10.1 Å². The third-order valence-corrected chi connectivity index (χ3v) is 4.69. The lowest BCUT2D eigenvalue weighted by molar-refractivity contribution is 1.24. The summed E-state index contributed by atoms with van der Waals surface area (Å²) in [4.78, 5) is 2.68. The predicted molar refractivity (Wildman–Crippen MR) is 77.3 cm³/mol. The summed E-state index contributed by atoms with van der Waals surface area (Å²) in [7, 11) is 0. The molecule has 0 spiro atoms. The molecule has 1 aliphatic heterocycles. The van der Waals surface area contributed by atoms with Crippen LogP contribution in [-0.4, -0.2) is 5.75 Å². The fraction of sp³-hybridized carbons (Fsp3) is 0.143. The highest BCUT2D eigenvalue weighted by Gasteiger charge is 2.22. The van der Waals surface area contributed by atoms with Gasteiger partial charge >= 0.3 is 0 Å². The van der Waals surface area contributed by atoms with Crippen molar-refractivity contribution in [2.45, 2.75) is 16.7 Å². The Morgan fingerprint density at radius 2 is 1.47 bits per heavy atom. The molecule has 1 aliphatic rings. The van der Waals surface area contributed by atoms with Crippen molar-refractivity contribution in [3.05, 3.63) is 48.5 Å². The van der Waals surface area contributed by atoms with Crippen LogP contribution >= 0.6 is 23.7 Å². The molecule has 3 rings (SSSR count). The summed E-state index contributed by atoms with van der Waals surface area (Å²) in [6, 6.07) is 17.2. The SMILES string of the molecule is CCSN1c2ccccc2Sc2ccccc21. The molecule has 0 saturated heterocycles. The van der Waals surface area contributed by atoms with Crippen LogP contribution in [0.25, 0.3) is 0 Å². The van der Waals surface area contributed by atoms with Crippen LogP contribution in [0.1, 0.15) is 6.92 Å². The van der Waals surface area contributed by atoms with E-state index in [-0.39, 0.29) is 0 Å². The normalized spacial score (nSPS) is 13.1. The highest BCUT2D eigenvalue weighted by molar-refractivity contribution is 8.02. The Morgan fingerprint density at radius 3 is 2.00 bits per heavy atom. The number of benzene rings is 2. The highest BCUT2D eigenvalue weighted by atomic mass is 32.2. The molecule has 3 heteroatoms. The Morgan fingerprint density at radius 1 is 0.941 bits per heavy atom. The zero-order valence-corrected chi connectivity index (χ0v) is 11.2. The van der Waals surface area contributed by atoms with E-state index in [1.165, 1.54) is 21.2 Å². The molecule has 0 unspecified atom stereocenters. The maximum Gasteiger partial charge on any atom is 0.0665 e. The van der Waals surface area contributed by atoms with E-state index >= 15 is 0 Å². The van der Waals surface area contributed by atoms with Gasteiger partial charge in [0, 0.05) is 15.5 Å². The molecule has 17 heavy (non-hydrogen) atoms. The minimum Gasteiger partial charge on any atom is -0.282 e. The Labute approximate surface area is 110 Å². The molecule has 86 valence electrons. The Kier molecular flexibility index (Phi) is 3.04. The van der Waals surface area contributed by atoms with Crippen molar-refractivity contribution < 1.29 is 0 Å². The number of hydrogen-bond donors (Lipinski definition) is 0. The average Bonchev–Trinajstić information content (AvgIpc) is 2.39. The molecular weight excluding hydrogens is 246 g/mol. The summed E-state index contributed by atoms with van der Waals surface area (Å²) in [6.45, 7) is 2.19. The van der Waals surface area contributed by atoms with Gasteiger partial charge in [-0.05, 0) is 36.2 Å². The van der Waals surface area contributed by atoms with E-state index in [2.05, 4.69) is 59.8 Å². The third kappa shape index (κ3) is 1.94. The van der Waals surface area contributed by atoms with Crippen LogP contribution in [0.4, 0.5) is 11.4 Å². The van der Waals surface area contributed by atoms with E-state index in [0.29, 0.717) is 0 Å². The van der Waals surface area contributed by atoms with Crippen molar-refractivity contribution in [2.24, 2.45) is 0 Å². The minimum atomic E-state index is 1.08. The van der Waals surface area contributed by atoms with Crippen LogP contribution < -0.4 is 4.31 Å². The smallest absolute Gasteiger partial charge is 0.0665 e. The lowest BCUT2D eigenvalue weighted by Crippen LogP contribution is -2.12. The molecule has 0 N–H and O–H groups in total. The maximum absolute atomic E-state index is 2.35. The first kappa shape index (κ1) is 11.1. The van der Waals surface area contributed by atoms with E-state index in [0.717, 1.165) is 5.75 Å². The van der Waals surface area contributed by atoms with Gasteiger partial charge in [-0.1, -0.05) is 43.0 Å². The number of fused-ring (bicyclic) bond motifs is 2. The highest BCUT2D eigenvalue weighted by Crippen LogP contribution is 2.50. The molecule has 0 aromatic heterocycles. The van der Waals surface area contributed by atoms with E-state index in [9.17, 15) is 0 Å². The van der Waals surface area contributed by atoms with Crippen LogP contribution in [-0.2, 0) is 0 Å². The summed E-state index contributed by atoms with van der Waals surface area (Å²) < 4.78 is 2.35. The van der Waals surface area contributed by atoms with Gasteiger partial charge in [0.1, 0.15) is 0 Å². The zero-order valence-electron chi connectivity index (χ0n) is 9.59. The molecular formula is C14H13NS2. The van der Waals surface area contributed by atoms with Gasteiger partial charge < -0.3 is 0 Å². The first-order valence-electron chi connectivity index (χ1n) is 5.69. The van der Waals surface area contributed by atoms with Crippen molar-refractivity contribution in [3.8, 4) is 0 Å². The Hall–Kier alpha value is -1.06. The molecule has 0 atom stereocenters. The molecule has 1 nitrogen and oxygen atoms in total. The largest absolute Gasteiger partial charge is 0.282 e. The van der Waals surface area contributed by atoms with E-state index in [1.807, 2.05) is 23.7 Å². The second-order valence-electron chi connectivity index (χ2n) is 3.75. The van der Waals surface area contributed by atoms with Crippen LogP contribution in [0.5, 0.6) is 0 Å². The summed E-state index contributed by atoms with van der Waals surface area (Å²) in [5.41, 5.74) is 2.62. The molecule has 0 radical (unpaired) electrons. The number of anilines is 2. The molecule has 0 aliphatic carbocycles. The Balaban J connectivity index is 2.13. The number of rotatable bonds is 2. The molecule has 2 aromatic carbocycles. The zero-order chi connectivity index (χ0) is 11.7. The van der Waals surface area contributed by atoms with Gasteiger partial charge in [0.15, 0.2) is 0 Å². The monoisotopic (exact) mass is 259 g/mol. The number of para-hydroxylation sites is 2. The quantitative estimate of drug-likeness (QED) is 0.702. The predicted octanol–water partition coefficient (Wildman–Crippen LogP) is 4.96. The van der Waals surface area contributed by atoms with Crippen molar-refractivity contribution >= 4 is 35.1 Å². The topological polar surface area (TPSA) is 3.24 Å². The lowest BCUT2D eigenvalue weighted by Gasteiger charge is -2.31. The summed E-state index contributed by atoms with van der Waals surface area (Å²) >= 11 is 3.71. The number of hydrogen-bond acceptors (Lipinski definition) is 3. The van der Waals surface area contributed by atoms with Crippen molar-refractivity contribution in [1.82, 2.24) is 0 Å². The lowest BCUT2D eigenvalue weighted by atomic mass is 10.2. The fourth-order valence-electron chi connectivity index (χ4n) is 1.94. The summed E-state index contributed by atoms with van der Waals surface area (Å²) in [5.74, 6) is 1.08. The molecule has 0 amide bonds. The van der Waals surface area contributed by atoms with Gasteiger partial charge in [0.2, 0.25) is 0 Å². The Bertz CT molecular complexity index is 494. The molecule has 0 fully saturated rings. The van der Waals surface area contributed by atoms with E-state index in [4.69, 9.17) is 0 Å². The maximum atomic E-state index is 2.35. The van der Waals surface area contributed by atoms with E-state index in [1.54, 1.807) is 0 Å². The van der Waals surface area contributed by atoms with Crippen LogP contribution in [0, 0.1) is 0 Å². The first-order chi connectivity index (χ1) is 8.40. The molecule has 0 saturated carbocycles. The van der Waals surface area contributed by atoms with Crippen LogP contribution in [0.15, 0.2) is 58.3 Å². The summed E-state index contributed by atoms with van der Waals surface area (Å²) in [6.07, 6.45) is 0. The molecule has 0 bridgehead atoms. The minimum absolute atomic E-state index is 1.08. The van der Waals surface area contributed by atoms with Gasteiger partial charge in [0.05, 0.1) is 11.4 Å². The van der Waals surface area contributed by atoms with Crippen LogP contribution in [0.2, 0.25) is 0 Å². The van der Waals surface area contributed by atoms with Crippen LogP contribution in [0.3, 0.4) is 0 Å². The second kappa shape index (κ2) is 4.67. The van der Waals surface area contributed by atoms with Gasteiger partial charge in [-0.2, -0.15) is 0 Å². The average molecular weight is 259 g/mol. The van der Waals surface area contributed by atoms with Crippen molar-refractivity contribution in [3.63, 3.8) is 0 Å². The summed E-state index contributed by atoms with van der Waals surface area (Å²) in [5, 5.41) is 0. The standard InChI is InChI=1S/C14H13NS2/c1-2-16-15-11-7-3-5-9-13(11)17-14-10-6-4-8-12(14)15/h3-10H,2H2,1H3. The second-order valence-corrected chi connectivity index (χ2v) is 6.03. The van der Waals surface area contributed by atoms with Gasteiger partial charge in [0.25, 0.3) is 0 Å². The van der Waals surface area contributed by atoms with Crippen molar-refractivity contribution in [1.29, 1.82) is 0 Å².